The standard InChI is InChI=1S/C64H49F4NO4P2/c1-62(2,3)40-17-23-48-44(30-40)45-31-41(63(4,5)6)18-24-49(45)69(48)64(39-15-13-37(14-16-39)59(71)57-47(68)22-28-53-61(57)75-55-33-43(66)20-26-51(55)73-53)29-7-8-38(34-64)35-9-11-36(12-10-35)58(70)56-46(67)21-27-52-60(56)74-54-32-42(65)19-25-50(54)72-52/h7-33,74-75H,34H2,1-6H3. The first-order valence-electron chi connectivity index (χ1n) is 24.8. The van der Waals surface area contributed by atoms with Crippen molar-refractivity contribution in [2.75, 3.05) is 0 Å². The van der Waals surface area contributed by atoms with Crippen molar-refractivity contribution >= 4 is 77.3 Å². The third-order valence-electron chi connectivity index (χ3n) is 14.7. The molecule has 11 heteroatoms. The average Bonchev–Trinajstić information content (AvgIpc) is 3.73. The first kappa shape index (κ1) is 48.5. The predicted octanol–water partition coefficient (Wildman–Crippen LogP) is 14.7. The Bertz CT molecular complexity index is 3900. The Morgan fingerprint density at radius 2 is 0.987 bits per heavy atom. The van der Waals surface area contributed by atoms with Gasteiger partial charge in [0, 0.05) is 49.5 Å². The molecule has 3 aliphatic rings. The number of hydrogen-bond donors (Lipinski definition) is 0. The van der Waals surface area contributed by atoms with E-state index in [9.17, 15) is 18.4 Å². The van der Waals surface area contributed by atoms with Crippen LogP contribution in [0.1, 0.15) is 102 Å². The van der Waals surface area contributed by atoms with Crippen LogP contribution in [-0.4, -0.2) is 16.1 Å². The Labute approximate surface area is 435 Å². The van der Waals surface area contributed by atoms with Crippen LogP contribution in [0.15, 0.2) is 164 Å². The number of nitrogens with zero attached hydrogens (tertiary/aromatic N) is 1. The second-order valence-corrected chi connectivity index (χ2v) is 24.2. The molecule has 372 valence electrons. The molecule has 5 nitrogen and oxygen atoms in total. The summed E-state index contributed by atoms with van der Waals surface area (Å²) in [7, 11) is -0.395. The Morgan fingerprint density at radius 3 is 1.45 bits per heavy atom. The van der Waals surface area contributed by atoms with Gasteiger partial charge in [-0.15, -0.1) is 0 Å². The van der Waals surface area contributed by atoms with Gasteiger partial charge in [0.05, 0.1) is 27.7 Å². The maximum atomic E-state index is 16.0. The highest BCUT2D eigenvalue weighted by atomic mass is 31.1. The summed E-state index contributed by atoms with van der Waals surface area (Å²) in [6.45, 7) is 13.3. The fourth-order valence-corrected chi connectivity index (χ4v) is 13.4. The quantitative estimate of drug-likeness (QED) is 0.0907. The maximum Gasteiger partial charge on any atom is 0.196 e. The minimum atomic E-state index is -0.907. The minimum Gasteiger partial charge on any atom is -0.456 e. The Hall–Kier alpha value is -7.44. The lowest BCUT2D eigenvalue weighted by atomic mass is 9.77. The van der Waals surface area contributed by atoms with Crippen LogP contribution in [0.25, 0.3) is 27.4 Å². The zero-order valence-electron chi connectivity index (χ0n) is 41.9. The van der Waals surface area contributed by atoms with Crippen LogP contribution in [0.2, 0.25) is 0 Å². The van der Waals surface area contributed by atoms with Crippen LogP contribution < -0.4 is 30.7 Å². The zero-order chi connectivity index (χ0) is 52.3. The normalized spacial score (nSPS) is 16.5. The van der Waals surface area contributed by atoms with E-state index < -0.39 is 40.4 Å². The summed E-state index contributed by atoms with van der Waals surface area (Å²) < 4.78 is 75.0. The van der Waals surface area contributed by atoms with E-state index in [1.54, 1.807) is 30.3 Å². The molecule has 0 saturated carbocycles. The zero-order valence-corrected chi connectivity index (χ0v) is 43.9. The molecule has 8 aromatic carbocycles. The second-order valence-electron chi connectivity index (χ2n) is 21.6. The molecular formula is C64H49F4NO4P2. The summed E-state index contributed by atoms with van der Waals surface area (Å²) >= 11 is 0. The van der Waals surface area contributed by atoms with Crippen LogP contribution in [0.5, 0.6) is 23.0 Å². The molecule has 2 aliphatic heterocycles. The molecule has 0 N–H and O–H groups in total. The largest absolute Gasteiger partial charge is 0.456 e. The van der Waals surface area contributed by atoms with Gasteiger partial charge in [0.2, 0.25) is 0 Å². The molecule has 0 spiro atoms. The Kier molecular flexibility index (Phi) is 11.5. The molecule has 1 aromatic heterocycles. The summed E-state index contributed by atoms with van der Waals surface area (Å²) in [5.41, 5.74) is 6.25. The highest BCUT2D eigenvalue weighted by Crippen LogP contribution is 2.48. The van der Waals surface area contributed by atoms with Crippen molar-refractivity contribution < 1.29 is 36.6 Å². The number of allylic oxidation sites excluding steroid dienone is 4. The number of fused-ring (bicyclic) bond motifs is 7. The van der Waals surface area contributed by atoms with E-state index in [1.807, 2.05) is 30.3 Å². The van der Waals surface area contributed by atoms with E-state index in [-0.39, 0.29) is 50.2 Å². The minimum absolute atomic E-state index is 0.103. The van der Waals surface area contributed by atoms with Gasteiger partial charge >= 0.3 is 0 Å². The van der Waals surface area contributed by atoms with E-state index in [1.165, 1.54) is 65.7 Å². The third kappa shape index (κ3) is 8.32. The van der Waals surface area contributed by atoms with Gasteiger partial charge in [-0.3, -0.25) is 9.59 Å². The lowest BCUT2D eigenvalue weighted by molar-refractivity contribution is 0.102. The van der Waals surface area contributed by atoms with Gasteiger partial charge in [-0.2, -0.15) is 0 Å². The average molecular weight is 1030 g/mol. The van der Waals surface area contributed by atoms with Crippen LogP contribution in [-0.2, 0) is 16.4 Å². The van der Waals surface area contributed by atoms with Gasteiger partial charge in [-0.1, -0.05) is 120 Å². The van der Waals surface area contributed by atoms with Crippen molar-refractivity contribution in [1.82, 2.24) is 4.57 Å². The summed E-state index contributed by atoms with van der Waals surface area (Å²) in [4.78, 5) is 28.9. The van der Waals surface area contributed by atoms with Gasteiger partial charge in [0.15, 0.2) is 11.6 Å². The number of ketones is 2. The first-order chi connectivity index (χ1) is 35.8. The molecule has 3 heterocycles. The summed E-state index contributed by atoms with van der Waals surface area (Å²) in [6, 6.07) is 41.9. The topological polar surface area (TPSA) is 57.5 Å². The number of hydrogen-bond acceptors (Lipinski definition) is 4. The van der Waals surface area contributed by atoms with Gasteiger partial charge in [0.25, 0.3) is 0 Å². The van der Waals surface area contributed by atoms with Crippen molar-refractivity contribution in [2.45, 2.75) is 64.3 Å². The van der Waals surface area contributed by atoms with Crippen molar-refractivity contribution in [3.05, 3.63) is 232 Å². The van der Waals surface area contributed by atoms with Crippen molar-refractivity contribution in [3.8, 4) is 23.0 Å². The number of aromatic nitrogens is 1. The molecule has 1 aliphatic carbocycles. The fourth-order valence-electron chi connectivity index (χ4n) is 10.7. The van der Waals surface area contributed by atoms with Gasteiger partial charge in [0.1, 0.15) is 46.3 Å². The number of halogens is 4. The maximum absolute atomic E-state index is 16.0. The molecule has 75 heavy (non-hydrogen) atoms. The van der Waals surface area contributed by atoms with E-state index in [0.29, 0.717) is 50.6 Å². The monoisotopic (exact) mass is 1030 g/mol. The summed E-state index contributed by atoms with van der Waals surface area (Å²) in [5, 5.41) is 4.08. The van der Waals surface area contributed by atoms with Crippen LogP contribution in [0.4, 0.5) is 17.6 Å². The lowest BCUT2D eigenvalue weighted by Gasteiger charge is -2.38. The molecule has 0 bridgehead atoms. The van der Waals surface area contributed by atoms with Crippen LogP contribution in [0.3, 0.4) is 0 Å². The Balaban J connectivity index is 0.961. The highest BCUT2D eigenvalue weighted by molar-refractivity contribution is 7.56. The van der Waals surface area contributed by atoms with Crippen LogP contribution >= 0.6 is 17.2 Å². The van der Waals surface area contributed by atoms with Gasteiger partial charge in [-0.05, 0) is 141 Å². The second kappa shape index (κ2) is 17.9. The number of ether oxygens (including phenoxy) is 2. The third-order valence-corrected chi connectivity index (χ3v) is 17.5. The smallest absolute Gasteiger partial charge is 0.196 e. The van der Waals surface area contributed by atoms with Crippen molar-refractivity contribution in [2.24, 2.45) is 0 Å². The highest BCUT2D eigenvalue weighted by Gasteiger charge is 2.39. The number of carbonyl (C=O) groups is 2. The molecule has 3 atom stereocenters. The molecular weight excluding hydrogens is 985 g/mol. The predicted molar refractivity (Wildman–Crippen MR) is 296 cm³/mol. The number of carbonyl (C=O) groups excluding carboxylic acids is 2. The summed E-state index contributed by atoms with van der Waals surface area (Å²) in [6.07, 6.45) is 6.74. The van der Waals surface area contributed by atoms with E-state index in [0.717, 1.165) is 38.5 Å². The Morgan fingerprint density at radius 1 is 0.533 bits per heavy atom. The molecule has 0 amide bonds. The number of benzene rings is 8. The van der Waals surface area contributed by atoms with Crippen LogP contribution in [0, 0.1) is 23.3 Å². The SMILES string of the molecule is CC(C)(C)c1ccc2c(c1)c1cc(C(C)(C)C)ccc1n2C1(c2ccc(C(=O)c3c(F)ccc4c3Pc3cc(F)ccc3O4)cc2)C=CC=C(c2ccc(C(=O)c3c(F)ccc4c3Pc3cc(F)ccc3O4)cc2)C1. The molecule has 3 unspecified atom stereocenters. The lowest BCUT2D eigenvalue weighted by Crippen LogP contribution is -2.34. The van der Waals surface area contributed by atoms with Gasteiger partial charge in [-0.25, -0.2) is 17.6 Å². The van der Waals surface area contributed by atoms with Crippen molar-refractivity contribution in [3.63, 3.8) is 0 Å². The summed E-state index contributed by atoms with van der Waals surface area (Å²) in [5.74, 6) is -1.62. The molecule has 0 fully saturated rings. The molecule has 12 rings (SSSR count). The molecule has 9 aromatic rings. The fraction of sp³-hybridized carbons (Fsp3) is 0.156. The molecule has 0 radical (unpaired) electrons. The van der Waals surface area contributed by atoms with E-state index in [4.69, 9.17) is 9.47 Å². The first-order valence-corrected chi connectivity index (χ1v) is 26.8. The number of rotatable bonds is 7. The van der Waals surface area contributed by atoms with E-state index in [2.05, 4.69) is 94.7 Å². The van der Waals surface area contributed by atoms with Gasteiger partial charge < -0.3 is 14.0 Å². The molecule has 0 saturated heterocycles. The van der Waals surface area contributed by atoms with Crippen molar-refractivity contribution in [1.29, 1.82) is 0 Å². The van der Waals surface area contributed by atoms with E-state index >= 15 is 8.78 Å².